The summed E-state index contributed by atoms with van der Waals surface area (Å²) in [5.41, 5.74) is 8.59. The zero-order valence-corrected chi connectivity index (χ0v) is 18.7. The van der Waals surface area contributed by atoms with Crippen LogP contribution in [0.2, 0.25) is 5.02 Å². The summed E-state index contributed by atoms with van der Waals surface area (Å²) in [6.45, 7) is 3.27. The highest BCUT2D eigenvalue weighted by molar-refractivity contribution is 7.18. The maximum Gasteiger partial charge on any atom is 0.270 e. The third kappa shape index (κ3) is 3.61. The van der Waals surface area contributed by atoms with Crippen LogP contribution in [0.3, 0.4) is 0 Å². The molecule has 0 radical (unpaired) electrons. The molecule has 4 rings (SSSR count). The van der Waals surface area contributed by atoms with Crippen LogP contribution >= 0.6 is 22.9 Å². The number of nitrogens with zero attached hydrogens (tertiary/aromatic N) is 2. The Balaban J connectivity index is 1.90. The fraction of sp³-hybridized carbons (Fsp3) is 0.174. The molecule has 2 unspecified atom stereocenters. The number of hydrogen-bond donors (Lipinski definition) is 1. The molecule has 0 aliphatic carbocycles. The molecule has 2 N–H and O–H groups in total. The molecule has 1 aromatic heterocycles. The molecular weight excluding hydrogens is 450 g/mol. The van der Waals surface area contributed by atoms with Crippen LogP contribution in [0.5, 0.6) is 0 Å². The molecule has 162 valence electrons. The van der Waals surface area contributed by atoms with Crippen LogP contribution in [-0.4, -0.2) is 22.2 Å². The maximum absolute atomic E-state index is 13.2. The van der Waals surface area contributed by atoms with Crippen molar-refractivity contribution >= 4 is 56.6 Å². The second-order valence-electron chi connectivity index (χ2n) is 7.54. The SMILES string of the molecule is CC(=O)C1C(C)=Nc2sc(C(=O)c3cccc([N+](=O)[O-])c3)c(N)c2C1c1ccccc1Cl. The summed E-state index contributed by atoms with van der Waals surface area (Å²) in [5.74, 6) is -1.58. The molecule has 2 atom stereocenters. The number of nitrogens with two attached hydrogens (primary N) is 1. The molecule has 7 nitrogen and oxygen atoms in total. The van der Waals surface area contributed by atoms with Crippen LogP contribution in [0.1, 0.15) is 46.1 Å². The first kappa shape index (κ1) is 21.9. The van der Waals surface area contributed by atoms with Crippen molar-refractivity contribution in [3.8, 4) is 0 Å². The molecule has 1 aliphatic rings. The molecule has 9 heteroatoms. The summed E-state index contributed by atoms with van der Waals surface area (Å²) < 4.78 is 0. The van der Waals surface area contributed by atoms with E-state index >= 15 is 0 Å². The minimum atomic E-state index is -0.569. The summed E-state index contributed by atoms with van der Waals surface area (Å²) in [5, 5.41) is 12.1. The summed E-state index contributed by atoms with van der Waals surface area (Å²) in [6.07, 6.45) is 0. The van der Waals surface area contributed by atoms with Crippen molar-refractivity contribution < 1.29 is 14.5 Å². The van der Waals surface area contributed by atoms with Crippen LogP contribution in [0.4, 0.5) is 16.4 Å². The number of benzene rings is 2. The fourth-order valence-corrected chi connectivity index (χ4v) is 5.53. The lowest BCUT2D eigenvalue weighted by Crippen LogP contribution is -2.30. The van der Waals surface area contributed by atoms with Gasteiger partial charge in [-0.15, -0.1) is 11.3 Å². The molecule has 32 heavy (non-hydrogen) atoms. The number of carbonyl (C=O) groups excluding carboxylic acids is 2. The van der Waals surface area contributed by atoms with Gasteiger partial charge in [0.1, 0.15) is 15.7 Å². The minimum Gasteiger partial charge on any atom is -0.397 e. The zero-order chi connectivity index (χ0) is 23.2. The number of fused-ring (bicyclic) bond motifs is 1. The van der Waals surface area contributed by atoms with Crippen LogP contribution < -0.4 is 5.73 Å². The smallest absolute Gasteiger partial charge is 0.270 e. The van der Waals surface area contributed by atoms with Gasteiger partial charge < -0.3 is 5.73 Å². The second-order valence-corrected chi connectivity index (χ2v) is 8.95. The van der Waals surface area contributed by atoms with E-state index in [-0.39, 0.29) is 27.6 Å². The largest absolute Gasteiger partial charge is 0.397 e. The second kappa shape index (κ2) is 8.29. The number of halogens is 1. The third-order valence-corrected chi connectivity index (χ3v) is 7.00. The fourth-order valence-electron chi connectivity index (χ4n) is 4.12. The number of ketones is 2. The normalized spacial score (nSPS) is 17.4. The Bertz CT molecular complexity index is 1310. The third-order valence-electron chi connectivity index (χ3n) is 5.54. The number of aliphatic imine (C=N–C) groups is 1. The minimum absolute atomic E-state index is 0.0843. The molecule has 2 aromatic carbocycles. The topological polar surface area (TPSA) is 116 Å². The molecular formula is C23H18ClN3O4S. The van der Waals surface area contributed by atoms with Crippen LogP contribution in [-0.2, 0) is 4.79 Å². The standard InChI is InChI=1S/C23H18ClN3O4S/c1-11-17(12(2)28)18(15-8-3-4-9-16(15)24)19-20(25)22(32-23(19)26-11)21(29)13-6-5-7-14(10-13)27(30)31/h3-10,17-18H,25H2,1-2H3. The number of non-ortho nitro benzene ring substituents is 1. The van der Waals surface area contributed by atoms with E-state index in [1.807, 2.05) is 12.1 Å². The molecule has 0 saturated heterocycles. The Morgan fingerprint density at radius 3 is 2.56 bits per heavy atom. The molecule has 2 heterocycles. The van der Waals surface area contributed by atoms with E-state index in [1.54, 1.807) is 19.1 Å². The van der Waals surface area contributed by atoms with E-state index in [9.17, 15) is 19.7 Å². The van der Waals surface area contributed by atoms with E-state index in [0.717, 1.165) is 16.9 Å². The lowest BCUT2D eigenvalue weighted by Gasteiger charge is -2.30. The number of rotatable bonds is 5. The highest BCUT2D eigenvalue weighted by Gasteiger charge is 2.40. The monoisotopic (exact) mass is 467 g/mol. The first-order valence-corrected chi connectivity index (χ1v) is 10.9. The number of hydrogen-bond acceptors (Lipinski definition) is 7. The zero-order valence-electron chi connectivity index (χ0n) is 17.2. The maximum atomic E-state index is 13.2. The lowest BCUT2D eigenvalue weighted by molar-refractivity contribution is -0.384. The molecule has 3 aromatic rings. The van der Waals surface area contributed by atoms with Crippen molar-refractivity contribution in [1.82, 2.24) is 0 Å². The van der Waals surface area contributed by atoms with E-state index in [0.29, 0.717) is 21.3 Å². The van der Waals surface area contributed by atoms with E-state index in [2.05, 4.69) is 4.99 Å². The van der Waals surface area contributed by atoms with Gasteiger partial charge in [-0.3, -0.25) is 19.7 Å². The predicted molar refractivity (Wildman–Crippen MR) is 125 cm³/mol. The Morgan fingerprint density at radius 1 is 1.19 bits per heavy atom. The lowest BCUT2D eigenvalue weighted by atomic mass is 9.75. The van der Waals surface area contributed by atoms with Gasteiger partial charge in [0.25, 0.3) is 5.69 Å². The van der Waals surface area contributed by atoms with Crippen LogP contribution in [0, 0.1) is 16.0 Å². The van der Waals surface area contributed by atoms with Gasteiger partial charge in [0.2, 0.25) is 5.78 Å². The summed E-state index contributed by atoms with van der Waals surface area (Å²) >= 11 is 7.60. The number of Topliss-reactive ketones (excluding diaryl/α,β-unsaturated/α-hetero) is 1. The number of nitrogen functional groups attached to an aromatic ring is 1. The Kier molecular flexibility index (Phi) is 5.66. The highest BCUT2D eigenvalue weighted by Crippen LogP contribution is 2.52. The summed E-state index contributed by atoms with van der Waals surface area (Å²) in [7, 11) is 0. The summed E-state index contributed by atoms with van der Waals surface area (Å²) in [4.78, 5) is 41.2. The Labute approximate surface area is 192 Å². The van der Waals surface area contributed by atoms with Crippen molar-refractivity contribution in [1.29, 1.82) is 0 Å². The first-order chi connectivity index (χ1) is 15.2. The van der Waals surface area contributed by atoms with Gasteiger partial charge >= 0.3 is 0 Å². The predicted octanol–water partition coefficient (Wildman–Crippen LogP) is 5.57. The summed E-state index contributed by atoms with van der Waals surface area (Å²) in [6, 6.07) is 12.7. The molecule has 1 aliphatic heterocycles. The van der Waals surface area contributed by atoms with Gasteiger partial charge in [0.05, 0.1) is 16.5 Å². The molecule has 0 fully saturated rings. The molecule has 0 spiro atoms. The average Bonchev–Trinajstić information content (AvgIpc) is 3.08. The molecule has 0 saturated carbocycles. The quantitative estimate of drug-likeness (QED) is 0.299. The van der Waals surface area contributed by atoms with Gasteiger partial charge in [0, 0.05) is 39.9 Å². The van der Waals surface area contributed by atoms with Crippen molar-refractivity contribution in [3.63, 3.8) is 0 Å². The van der Waals surface area contributed by atoms with Gasteiger partial charge in [-0.1, -0.05) is 41.9 Å². The first-order valence-electron chi connectivity index (χ1n) is 9.72. The number of nitro groups is 1. The highest BCUT2D eigenvalue weighted by atomic mass is 35.5. The average molecular weight is 468 g/mol. The van der Waals surface area contributed by atoms with Crippen molar-refractivity contribution in [2.24, 2.45) is 10.9 Å². The van der Waals surface area contributed by atoms with Crippen LogP contribution in [0.25, 0.3) is 0 Å². The van der Waals surface area contributed by atoms with Crippen molar-refractivity contribution in [3.05, 3.63) is 85.2 Å². The van der Waals surface area contributed by atoms with Crippen LogP contribution in [0.15, 0.2) is 53.5 Å². The van der Waals surface area contributed by atoms with Crippen molar-refractivity contribution in [2.45, 2.75) is 19.8 Å². The number of nitro benzene ring substituents is 1. The number of thiophene rings is 1. The Morgan fingerprint density at radius 2 is 1.91 bits per heavy atom. The van der Waals surface area contributed by atoms with Crippen molar-refractivity contribution in [2.75, 3.05) is 5.73 Å². The molecule has 0 amide bonds. The van der Waals surface area contributed by atoms with Gasteiger partial charge in [0.15, 0.2) is 0 Å². The number of carbonyl (C=O) groups is 2. The van der Waals surface area contributed by atoms with E-state index < -0.39 is 22.5 Å². The van der Waals surface area contributed by atoms with E-state index in [4.69, 9.17) is 17.3 Å². The van der Waals surface area contributed by atoms with Gasteiger partial charge in [-0.25, -0.2) is 4.99 Å². The Hall–Kier alpha value is -3.36. The van der Waals surface area contributed by atoms with E-state index in [1.165, 1.54) is 31.2 Å². The number of anilines is 1. The molecule has 0 bridgehead atoms. The van der Waals surface area contributed by atoms with Gasteiger partial charge in [-0.2, -0.15) is 0 Å². The van der Waals surface area contributed by atoms with Gasteiger partial charge in [-0.05, 0) is 25.5 Å².